The van der Waals surface area contributed by atoms with Crippen LogP contribution < -0.4 is 10.6 Å². The number of nitrogen functional groups attached to an aromatic ring is 1. The summed E-state index contributed by atoms with van der Waals surface area (Å²) in [4.78, 5) is 2.21. The smallest absolute Gasteiger partial charge is 0.0616 e. The molecule has 5 heteroatoms. The third kappa shape index (κ3) is 2.79. The summed E-state index contributed by atoms with van der Waals surface area (Å²) in [7, 11) is 0. The first-order chi connectivity index (χ1) is 8.11. The van der Waals surface area contributed by atoms with Gasteiger partial charge >= 0.3 is 0 Å². The molecule has 1 unspecified atom stereocenters. The highest BCUT2D eigenvalue weighted by atomic mass is 35.5. The van der Waals surface area contributed by atoms with Crippen LogP contribution in [0.5, 0.6) is 0 Å². The predicted octanol–water partition coefficient (Wildman–Crippen LogP) is 2.78. The highest BCUT2D eigenvalue weighted by Gasteiger charge is 2.23. The average Bonchev–Trinajstić information content (AvgIpc) is 2.72. The summed E-state index contributed by atoms with van der Waals surface area (Å²) in [6.45, 7) is 2.12. The van der Waals surface area contributed by atoms with Crippen molar-refractivity contribution in [2.24, 2.45) is 5.92 Å². The molecule has 1 heterocycles. The maximum absolute atomic E-state index is 8.94. The molecule has 1 aromatic rings. The van der Waals surface area contributed by atoms with Gasteiger partial charge < -0.3 is 15.7 Å². The minimum atomic E-state index is 0.245. The summed E-state index contributed by atoms with van der Waals surface area (Å²) >= 11 is 11.9. The molecule has 1 saturated heterocycles. The van der Waals surface area contributed by atoms with Gasteiger partial charge in [0.2, 0.25) is 0 Å². The van der Waals surface area contributed by atoms with Crippen molar-refractivity contribution < 1.29 is 5.11 Å². The lowest BCUT2D eigenvalue weighted by Crippen LogP contribution is -2.21. The number of hydrogen-bond acceptors (Lipinski definition) is 3. The fourth-order valence-electron chi connectivity index (χ4n) is 2.30. The Balaban J connectivity index is 2.16. The number of hydrogen-bond donors (Lipinski definition) is 2. The number of nitrogens with two attached hydrogens (primary N) is 1. The molecule has 0 saturated carbocycles. The van der Waals surface area contributed by atoms with Gasteiger partial charge in [-0.05, 0) is 30.9 Å². The lowest BCUT2D eigenvalue weighted by molar-refractivity contribution is 0.263. The Morgan fingerprint density at radius 3 is 2.76 bits per heavy atom. The van der Waals surface area contributed by atoms with Crippen molar-refractivity contribution in [2.75, 3.05) is 30.3 Å². The summed E-state index contributed by atoms with van der Waals surface area (Å²) in [5, 5.41) is 9.95. The minimum Gasteiger partial charge on any atom is -0.397 e. The lowest BCUT2D eigenvalue weighted by Gasteiger charge is -2.21. The second-order valence-corrected chi connectivity index (χ2v) is 5.25. The van der Waals surface area contributed by atoms with Gasteiger partial charge in [0.1, 0.15) is 0 Å². The van der Waals surface area contributed by atoms with Gasteiger partial charge in [-0.15, -0.1) is 0 Å². The van der Waals surface area contributed by atoms with Crippen LogP contribution in [0.4, 0.5) is 11.4 Å². The number of benzene rings is 1. The molecule has 94 valence electrons. The molecule has 0 radical (unpaired) electrons. The first-order valence-electron chi connectivity index (χ1n) is 5.72. The number of aliphatic hydroxyl groups is 1. The molecule has 0 spiro atoms. The van der Waals surface area contributed by atoms with Crippen molar-refractivity contribution in [2.45, 2.75) is 12.8 Å². The first-order valence-corrected chi connectivity index (χ1v) is 6.47. The summed E-state index contributed by atoms with van der Waals surface area (Å²) in [6.07, 6.45) is 1.93. The van der Waals surface area contributed by atoms with Crippen molar-refractivity contribution in [3.8, 4) is 0 Å². The molecule has 1 fully saturated rings. The maximum Gasteiger partial charge on any atom is 0.0616 e. The third-order valence-electron chi connectivity index (χ3n) is 3.23. The largest absolute Gasteiger partial charge is 0.397 e. The molecule has 0 bridgehead atoms. The molecule has 17 heavy (non-hydrogen) atoms. The van der Waals surface area contributed by atoms with Gasteiger partial charge in [-0.1, -0.05) is 23.2 Å². The van der Waals surface area contributed by atoms with Crippen LogP contribution in [0.15, 0.2) is 12.1 Å². The second-order valence-electron chi connectivity index (χ2n) is 4.44. The molecular weight excluding hydrogens is 259 g/mol. The van der Waals surface area contributed by atoms with Crippen LogP contribution in [0.25, 0.3) is 0 Å². The minimum absolute atomic E-state index is 0.245. The van der Waals surface area contributed by atoms with Gasteiger partial charge in [0.25, 0.3) is 0 Å². The van der Waals surface area contributed by atoms with E-state index < -0.39 is 0 Å². The monoisotopic (exact) mass is 274 g/mol. The van der Waals surface area contributed by atoms with E-state index in [9.17, 15) is 0 Å². The zero-order valence-electron chi connectivity index (χ0n) is 9.50. The standard InChI is InChI=1S/C12H16Cl2N2O/c13-9-5-11(15)12(6-10(9)14)16-3-1-8(7-16)2-4-17/h5-6,8,17H,1-4,7,15H2. The molecule has 3 nitrogen and oxygen atoms in total. The number of anilines is 2. The van der Waals surface area contributed by atoms with Gasteiger partial charge in [-0.25, -0.2) is 0 Å². The van der Waals surface area contributed by atoms with Crippen LogP contribution >= 0.6 is 23.2 Å². The maximum atomic E-state index is 8.94. The molecule has 1 atom stereocenters. The van der Waals surface area contributed by atoms with Gasteiger partial charge in [-0.2, -0.15) is 0 Å². The van der Waals surface area contributed by atoms with Gasteiger partial charge in [0, 0.05) is 19.7 Å². The van der Waals surface area contributed by atoms with E-state index in [0.29, 0.717) is 21.7 Å². The zero-order chi connectivity index (χ0) is 12.4. The summed E-state index contributed by atoms with van der Waals surface area (Å²) < 4.78 is 0. The predicted molar refractivity (Wildman–Crippen MR) is 72.9 cm³/mol. The number of aliphatic hydroxyl groups excluding tert-OH is 1. The average molecular weight is 275 g/mol. The van der Waals surface area contributed by atoms with Crippen molar-refractivity contribution in [1.82, 2.24) is 0 Å². The van der Waals surface area contributed by atoms with E-state index >= 15 is 0 Å². The Bertz CT molecular complexity index is 412. The van der Waals surface area contributed by atoms with Crippen LogP contribution in [0, 0.1) is 5.92 Å². The van der Waals surface area contributed by atoms with Crippen molar-refractivity contribution >= 4 is 34.6 Å². The number of nitrogens with zero attached hydrogens (tertiary/aromatic N) is 1. The molecule has 1 aromatic carbocycles. The van der Waals surface area contributed by atoms with E-state index in [1.807, 2.05) is 6.07 Å². The fraction of sp³-hybridized carbons (Fsp3) is 0.500. The topological polar surface area (TPSA) is 49.5 Å². The lowest BCUT2D eigenvalue weighted by atomic mass is 10.1. The molecule has 3 N–H and O–H groups in total. The Morgan fingerprint density at radius 1 is 1.35 bits per heavy atom. The Morgan fingerprint density at radius 2 is 2.06 bits per heavy atom. The van der Waals surface area contributed by atoms with Crippen LogP contribution in [0.2, 0.25) is 10.0 Å². The Labute approximate surface area is 111 Å². The Kier molecular flexibility index (Phi) is 4.02. The van der Waals surface area contributed by atoms with Gasteiger partial charge in [0.05, 0.1) is 21.4 Å². The molecule has 1 aliphatic rings. The van der Waals surface area contributed by atoms with Gasteiger partial charge in [0.15, 0.2) is 0 Å². The van der Waals surface area contributed by atoms with E-state index in [1.54, 1.807) is 6.07 Å². The highest BCUT2D eigenvalue weighted by molar-refractivity contribution is 6.42. The summed E-state index contributed by atoms with van der Waals surface area (Å²) in [5.41, 5.74) is 7.56. The molecule has 0 amide bonds. The van der Waals surface area contributed by atoms with Crippen LogP contribution in [-0.2, 0) is 0 Å². The van der Waals surface area contributed by atoms with Crippen LogP contribution in [0.3, 0.4) is 0 Å². The highest BCUT2D eigenvalue weighted by Crippen LogP contribution is 2.35. The van der Waals surface area contributed by atoms with E-state index in [1.165, 1.54) is 0 Å². The molecular formula is C12H16Cl2N2O. The first kappa shape index (κ1) is 12.8. The number of rotatable bonds is 3. The Hall–Kier alpha value is -0.640. The van der Waals surface area contributed by atoms with E-state index in [2.05, 4.69) is 4.90 Å². The molecule has 2 rings (SSSR count). The van der Waals surface area contributed by atoms with Crippen molar-refractivity contribution in [3.63, 3.8) is 0 Å². The number of halogens is 2. The van der Waals surface area contributed by atoms with Crippen molar-refractivity contribution in [1.29, 1.82) is 0 Å². The van der Waals surface area contributed by atoms with Crippen molar-refractivity contribution in [3.05, 3.63) is 22.2 Å². The molecule has 0 aliphatic carbocycles. The quantitative estimate of drug-likeness (QED) is 0.834. The second kappa shape index (κ2) is 5.34. The fourth-order valence-corrected chi connectivity index (χ4v) is 2.63. The summed E-state index contributed by atoms with van der Waals surface area (Å²) in [6, 6.07) is 3.51. The van der Waals surface area contributed by atoms with E-state index in [-0.39, 0.29) is 6.61 Å². The van der Waals surface area contributed by atoms with Crippen LogP contribution in [0.1, 0.15) is 12.8 Å². The van der Waals surface area contributed by atoms with Gasteiger partial charge in [-0.3, -0.25) is 0 Å². The van der Waals surface area contributed by atoms with Crippen LogP contribution in [-0.4, -0.2) is 24.8 Å². The summed E-state index contributed by atoms with van der Waals surface area (Å²) in [5.74, 6) is 0.536. The SMILES string of the molecule is Nc1cc(Cl)c(Cl)cc1N1CCC(CCO)C1. The molecule has 0 aromatic heterocycles. The third-order valence-corrected chi connectivity index (χ3v) is 3.96. The normalized spacial score (nSPS) is 19.9. The zero-order valence-corrected chi connectivity index (χ0v) is 11.0. The van der Waals surface area contributed by atoms with E-state index in [0.717, 1.165) is 31.6 Å². The van der Waals surface area contributed by atoms with E-state index in [4.69, 9.17) is 34.0 Å². The molecule has 1 aliphatic heterocycles.